The number of piperazine rings is 1. The maximum atomic E-state index is 10.4. The molecular weight excluding hydrogens is 372 g/mol. The Morgan fingerprint density at radius 3 is 1.73 bits per heavy atom. The quantitative estimate of drug-likeness (QED) is 0.621. The summed E-state index contributed by atoms with van der Waals surface area (Å²) in [5, 5.41) is 10.4. The van der Waals surface area contributed by atoms with E-state index in [-0.39, 0.29) is 6.04 Å². The molecule has 4 rings (SSSR count). The maximum absolute atomic E-state index is 10.4. The van der Waals surface area contributed by atoms with Gasteiger partial charge in [0, 0.05) is 32.7 Å². The topological polar surface area (TPSA) is 35.9 Å². The lowest BCUT2D eigenvalue weighted by Crippen LogP contribution is -2.50. The van der Waals surface area contributed by atoms with E-state index in [9.17, 15) is 5.11 Å². The Morgan fingerprint density at radius 2 is 1.20 bits per heavy atom. The first-order valence-corrected chi connectivity index (χ1v) is 10.7. The molecule has 0 aliphatic carbocycles. The molecule has 1 aliphatic rings. The van der Waals surface area contributed by atoms with Crippen LogP contribution in [0.1, 0.15) is 17.2 Å². The average Bonchev–Trinajstić information content (AvgIpc) is 2.81. The Labute approximate surface area is 179 Å². The fourth-order valence-electron chi connectivity index (χ4n) is 4.15. The van der Waals surface area contributed by atoms with Gasteiger partial charge in [0.15, 0.2) is 0 Å². The van der Waals surface area contributed by atoms with Crippen LogP contribution < -0.4 is 4.74 Å². The van der Waals surface area contributed by atoms with Gasteiger partial charge in [0.05, 0.1) is 6.04 Å². The molecule has 1 N–H and O–H groups in total. The second kappa shape index (κ2) is 10.4. The monoisotopic (exact) mass is 402 g/mol. The highest BCUT2D eigenvalue weighted by molar-refractivity contribution is 5.32. The first kappa shape index (κ1) is 20.6. The fraction of sp³-hybridized carbons (Fsp3) is 0.308. The minimum Gasteiger partial charge on any atom is -0.491 e. The van der Waals surface area contributed by atoms with Crippen molar-refractivity contribution in [1.29, 1.82) is 0 Å². The molecule has 1 fully saturated rings. The lowest BCUT2D eigenvalue weighted by Gasteiger charge is -2.40. The molecule has 1 aliphatic heterocycles. The minimum absolute atomic E-state index is 0.265. The van der Waals surface area contributed by atoms with Crippen LogP contribution in [0.15, 0.2) is 91.0 Å². The van der Waals surface area contributed by atoms with Crippen molar-refractivity contribution in [3.63, 3.8) is 0 Å². The summed E-state index contributed by atoms with van der Waals surface area (Å²) in [4.78, 5) is 4.89. The molecule has 30 heavy (non-hydrogen) atoms. The van der Waals surface area contributed by atoms with Gasteiger partial charge in [-0.15, -0.1) is 0 Å². The van der Waals surface area contributed by atoms with Crippen molar-refractivity contribution < 1.29 is 9.84 Å². The van der Waals surface area contributed by atoms with Gasteiger partial charge in [0.2, 0.25) is 0 Å². The van der Waals surface area contributed by atoms with Crippen LogP contribution in [0.3, 0.4) is 0 Å². The summed E-state index contributed by atoms with van der Waals surface area (Å²) in [6, 6.07) is 31.4. The van der Waals surface area contributed by atoms with E-state index in [0.717, 1.165) is 31.9 Å². The van der Waals surface area contributed by atoms with Crippen LogP contribution in [0, 0.1) is 0 Å². The van der Waals surface area contributed by atoms with Gasteiger partial charge in [0.25, 0.3) is 0 Å². The number of hydrogen-bond donors (Lipinski definition) is 1. The Morgan fingerprint density at radius 1 is 0.700 bits per heavy atom. The third-order valence-electron chi connectivity index (χ3n) is 5.66. The summed E-state index contributed by atoms with van der Waals surface area (Å²) in [6.45, 7) is 4.79. The number of rotatable bonds is 8. The Bertz CT molecular complexity index is 826. The van der Waals surface area contributed by atoms with Crippen molar-refractivity contribution in [2.24, 2.45) is 0 Å². The van der Waals surface area contributed by atoms with E-state index in [2.05, 4.69) is 70.5 Å². The largest absolute Gasteiger partial charge is 0.491 e. The number of β-amino-alcohol motifs (C(OH)–C–C–N with tert-alkyl or cyclic N) is 1. The minimum atomic E-state index is -0.490. The maximum Gasteiger partial charge on any atom is 0.119 e. The highest BCUT2D eigenvalue weighted by Crippen LogP contribution is 2.29. The van der Waals surface area contributed by atoms with Gasteiger partial charge < -0.3 is 9.84 Å². The van der Waals surface area contributed by atoms with Gasteiger partial charge in [-0.25, -0.2) is 0 Å². The molecule has 1 saturated heterocycles. The van der Waals surface area contributed by atoms with Crippen LogP contribution in [-0.4, -0.2) is 60.3 Å². The van der Waals surface area contributed by atoms with Crippen molar-refractivity contribution in [1.82, 2.24) is 9.80 Å². The number of aliphatic hydroxyl groups excluding tert-OH is 1. The van der Waals surface area contributed by atoms with Crippen LogP contribution in [0.5, 0.6) is 5.75 Å². The number of aliphatic hydroxyl groups is 1. The summed E-state index contributed by atoms with van der Waals surface area (Å²) in [6.07, 6.45) is -0.490. The second-order valence-corrected chi connectivity index (χ2v) is 7.84. The predicted octanol–water partition coefficient (Wildman–Crippen LogP) is 3.83. The van der Waals surface area contributed by atoms with Crippen LogP contribution >= 0.6 is 0 Å². The van der Waals surface area contributed by atoms with Gasteiger partial charge in [-0.2, -0.15) is 0 Å². The molecule has 3 aromatic carbocycles. The van der Waals surface area contributed by atoms with E-state index in [4.69, 9.17) is 4.74 Å². The normalized spacial score (nSPS) is 16.5. The zero-order valence-electron chi connectivity index (χ0n) is 17.3. The van der Waals surface area contributed by atoms with Crippen molar-refractivity contribution >= 4 is 0 Å². The first-order chi connectivity index (χ1) is 14.8. The van der Waals surface area contributed by atoms with Gasteiger partial charge in [-0.3, -0.25) is 9.80 Å². The van der Waals surface area contributed by atoms with Crippen LogP contribution in [0.25, 0.3) is 0 Å². The molecule has 0 saturated carbocycles. The number of hydrogen-bond acceptors (Lipinski definition) is 4. The smallest absolute Gasteiger partial charge is 0.119 e. The van der Waals surface area contributed by atoms with Crippen LogP contribution in [0.4, 0.5) is 0 Å². The van der Waals surface area contributed by atoms with Gasteiger partial charge >= 0.3 is 0 Å². The summed E-state index contributed by atoms with van der Waals surface area (Å²) < 4.78 is 5.70. The summed E-state index contributed by atoms with van der Waals surface area (Å²) >= 11 is 0. The first-order valence-electron chi connectivity index (χ1n) is 10.7. The summed E-state index contributed by atoms with van der Waals surface area (Å²) in [5.41, 5.74) is 2.65. The van der Waals surface area contributed by atoms with E-state index in [1.807, 2.05) is 30.3 Å². The van der Waals surface area contributed by atoms with Gasteiger partial charge in [-0.1, -0.05) is 78.9 Å². The molecule has 0 aromatic heterocycles. The van der Waals surface area contributed by atoms with Crippen LogP contribution in [-0.2, 0) is 0 Å². The molecular formula is C26H30N2O2. The number of nitrogens with zero attached hydrogens (tertiary/aromatic N) is 2. The van der Waals surface area contributed by atoms with Crippen molar-refractivity contribution in [3.05, 3.63) is 102 Å². The standard InChI is InChI=1S/C26H30N2O2/c29-24(21-30-25-14-8-3-9-15-25)20-27-16-18-28(19-17-27)26(22-10-4-1-5-11-22)23-12-6-2-7-13-23/h1-15,24,26,29H,16-21H2/t24-/m0/s1. The summed E-state index contributed by atoms with van der Waals surface area (Å²) in [7, 11) is 0. The molecule has 0 amide bonds. The molecule has 0 bridgehead atoms. The van der Waals surface area contributed by atoms with E-state index >= 15 is 0 Å². The van der Waals surface area contributed by atoms with Crippen molar-refractivity contribution in [2.45, 2.75) is 12.1 Å². The molecule has 0 unspecified atom stereocenters. The second-order valence-electron chi connectivity index (χ2n) is 7.84. The zero-order chi connectivity index (χ0) is 20.6. The lowest BCUT2D eigenvalue weighted by atomic mass is 9.96. The van der Waals surface area contributed by atoms with E-state index in [0.29, 0.717) is 13.2 Å². The molecule has 4 heteroatoms. The highest BCUT2D eigenvalue weighted by Gasteiger charge is 2.27. The Kier molecular flexibility index (Phi) is 7.14. The Hall–Kier alpha value is -2.66. The number of benzene rings is 3. The molecule has 0 radical (unpaired) electrons. The van der Waals surface area contributed by atoms with E-state index < -0.39 is 6.10 Å². The average molecular weight is 403 g/mol. The van der Waals surface area contributed by atoms with Gasteiger partial charge in [-0.05, 0) is 23.3 Å². The zero-order valence-corrected chi connectivity index (χ0v) is 17.3. The van der Waals surface area contributed by atoms with E-state index in [1.54, 1.807) is 0 Å². The lowest BCUT2D eigenvalue weighted by molar-refractivity contribution is 0.0401. The molecule has 156 valence electrons. The molecule has 4 nitrogen and oxygen atoms in total. The van der Waals surface area contributed by atoms with Crippen LogP contribution in [0.2, 0.25) is 0 Å². The predicted molar refractivity (Wildman–Crippen MR) is 121 cm³/mol. The number of ether oxygens (including phenoxy) is 1. The fourth-order valence-corrected chi connectivity index (χ4v) is 4.15. The highest BCUT2D eigenvalue weighted by atomic mass is 16.5. The summed E-state index contributed by atoms with van der Waals surface area (Å²) in [5.74, 6) is 0.801. The molecule has 0 spiro atoms. The molecule has 3 aromatic rings. The number of para-hydroxylation sites is 1. The molecule has 1 heterocycles. The van der Waals surface area contributed by atoms with E-state index in [1.165, 1.54) is 11.1 Å². The SMILES string of the molecule is O[C@H](COc1ccccc1)CN1CCN(C(c2ccccc2)c2ccccc2)CC1. The van der Waals surface area contributed by atoms with Gasteiger partial charge in [0.1, 0.15) is 18.5 Å². The third-order valence-corrected chi connectivity index (χ3v) is 5.66. The third kappa shape index (κ3) is 5.48. The van der Waals surface area contributed by atoms with Crippen molar-refractivity contribution in [3.8, 4) is 5.75 Å². The Balaban J connectivity index is 1.33. The van der Waals surface area contributed by atoms with Crippen molar-refractivity contribution in [2.75, 3.05) is 39.3 Å². The molecule has 1 atom stereocenters.